The molecule has 0 amide bonds. The van der Waals surface area contributed by atoms with Gasteiger partial charge in [-0.2, -0.15) is 4.98 Å². The molecular formula is C16H27N3O2. The third-order valence-corrected chi connectivity index (χ3v) is 5.17. The number of nitrogens with zero attached hydrogens (tertiary/aromatic N) is 2. The summed E-state index contributed by atoms with van der Waals surface area (Å²) in [7, 11) is 2.04. The van der Waals surface area contributed by atoms with Crippen molar-refractivity contribution in [2.45, 2.75) is 75.9 Å². The van der Waals surface area contributed by atoms with E-state index in [9.17, 15) is 0 Å². The second kappa shape index (κ2) is 6.44. The average Bonchev–Trinajstić information content (AvgIpc) is 3.17. The molecule has 1 aromatic heterocycles. The Hall–Kier alpha value is -0.940. The van der Waals surface area contributed by atoms with E-state index < -0.39 is 0 Å². The van der Waals surface area contributed by atoms with Gasteiger partial charge in [0.05, 0.1) is 0 Å². The van der Waals surface area contributed by atoms with Gasteiger partial charge in [-0.3, -0.25) is 0 Å². The lowest BCUT2D eigenvalue weighted by Crippen LogP contribution is -2.30. The predicted molar refractivity (Wildman–Crippen MR) is 80.1 cm³/mol. The Kier molecular flexibility index (Phi) is 4.60. The minimum atomic E-state index is -0.279. The first-order chi connectivity index (χ1) is 10.3. The fourth-order valence-corrected chi connectivity index (χ4v) is 3.87. The maximum absolute atomic E-state index is 6.02. The lowest BCUT2D eigenvalue weighted by molar-refractivity contribution is -0.0469. The second-order valence-electron chi connectivity index (χ2n) is 6.43. The number of nitrogens with one attached hydrogen (secondary N) is 1. The summed E-state index contributed by atoms with van der Waals surface area (Å²) < 4.78 is 11.6. The van der Waals surface area contributed by atoms with E-state index in [0.717, 1.165) is 37.4 Å². The van der Waals surface area contributed by atoms with E-state index >= 15 is 0 Å². The summed E-state index contributed by atoms with van der Waals surface area (Å²) in [4.78, 5) is 4.73. The molecule has 118 valence electrons. The van der Waals surface area contributed by atoms with Gasteiger partial charge in [0.2, 0.25) is 11.7 Å². The molecule has 1 aromatic rings. The first kappa shape index (κ1) is 15.0. The standard InChI is InChI=1S/C16H27N3O2/c1-3-20-16(10-4-5-11-16)15-18-14(21-19-15)12-6-8-13(17-2)9-7-12/h12-13,17H,3-11H2,1-2H3. The second-order valence-corrected chi connectivity index (χ2v) is 6.43. The average molecular weight is 293 g/mol. The molecule has 2 saturated carbocycles. The summed E-state index contributed by atoms with van der Waals surface area (Å²) in [5, 5.41) is 7.64. The van der Waals surface area contributed by atoms with Gasteiger partial charge in [0.25, 0.3) is 0 Å². The molecule has 0 spiro atoms. The van der Waals surface area contributed by atoms with Crippen molar-refractivity contribution in [3.63, 3.8) is 0 Å². The molecule has 2 fully saturated rings. The van der Waals surface area contributed by atoms with Gasteiger partial charge in [0.15, 0.2) is 0 Å². The summed E-state index contributed by atoms with van der Waals surface area (Å²) in [6.45, 7) is 2.75. The molecule has 0 unspecified atom stereocenters. The van der Waals surface area contributed by atoms with Crippen molar-refractivity contribution in [1.29, 1.82) is 0 Å². The lowest BCUT2D eigenvalue weighted by atomic mass is 9.86. The third-order valence-electron chi connectivity index (χ3n) is 5.17. The highest BCUT2D eigenvalue weighted by Gasteiger charge is 2.41. The SMILES string of the molecule is CCOC1(c2noc(C3CCC(NC)CC3)n2)CCCC1. The van der Waals surface area contributed by atoms with Crippen LogP contribution in [0.4, 0.5) is 0 Å². The number of aromatic nitrogens is 2. The van der Waals surface area contributed by atoms with Crippen molar-refractivity contribution in [3.8, 4) is 0 Å². The molecule has 0 atom stereocenters. The van der Waals surface area contributed by atoms with Crippen LogP contribution in [0.2, 0.25) is 0 Å². The van der Waals surface area contributed by atoms with Gasteiger partial charge >= 0.3 is 0 Å². The smallest absolute Gasteiger partial charge is 0.229 e. The molecule has 5 nitrogen and oxygen atoms in total. The Morgan fingerprint density at radius 1 is 1.24 bits per heavy atom. The number of ether oxygens (including phenoxy) is 1. The van der Waals surface area contributed by atoms with E-state index in [1.165, 1.54) is 25.7 Å². The highest BCUT2D eigenvalue weighted by atomic mass is 16.5. The van der Waals surface area contributed by atoms with Gasteiger partial charge < -0.3 is 14.6 Å². The third kappa shape index (κ3) is 2.99. The van der Waals surface area contributed by atoms with Crippen LogP contribution in [-0.4, -0.2) is 29.8 Å². The molecule has 1 heterocycles. The van der Waals surface area contributed by atoms with Gasteiger partial charge in [-0.15, -0.1) is 0 Å². The van der Waals surface area contributed by atoms with Crippen molar-refractivity contribution in [2.75, 3.05) is 13.7 Å². The van der Waals surface area contributed by atoms with Gasteiger partial charge in [-0.1, -0.05) is 5.16 Å². The maximum Gasteiger partial charge on any atom is 0.229 e. The van der Waals surface area contributed by atoms with Crippen LogP contribution in [0.15, 0.2) is 4.52 Å². The summed E-state index contributed by atoms with van der Waals surface area (Å²) in [6.07, 6.45) is 9.07. The summed E-state index contributed by atoms with van der Waals surface area (Å²) in [6, 6.07) is 0.647. The first-order valence-corrected chi connectivity index (χ1v) is 8.42. The van der Waals surface area contributed by atoms with Crippen molar-refractivity contribution in [3.05, 3.63) is 11.7 Å². The number of hydrogen-bond acceptors (Lipinski definition) is 5. The van der Waals surface area contributed by atoms with E-state index in [1.807, 2.05) is 14.0 Å². The van der Waals surface area contributed by atoms with E-state index in [2.05, 4.69) is 10.5 Å². The molecule has 0 aromatic carbocycles. The molecule has 0 bridgehead atoms. The van der Waals surface area contributed by atoms with E-state index in [-0.39, 0.29) is 5.60 Å². The fourth-order valence-electron chi connectivity index (χ4n) is 3.87. The molecule has 0 saturated heterocycles. The Morgan fingerprint density at radius 2 is 1.95 bits per heavy atom. The molecule has 21 heavy (non-hydrogen) atoms. The van der Waals surface area contributed by atoms with Crippen LogP contribution in [0.3, 0.4) is 0 Å². The number of rotatable bonds is 5. The minimum absolute atomic E-state index is 0.279. The van der Waals surface area contributed by atoms with Gasteiger partial charge in [0, 0.05) is 18.6 Å². The fraction of sp³-hybridized carbons (Fsp3) is 0.875. The molecule has 0 radical (unpaired) electrons. The quantitative estimate of drug-likeness (QED) is 0.904. The van der Waals surface area contributed by atoms with Crippen LogP contribution in [0, 0.1) is 0 Å². The van der Waals surface area contributed by atoms with Crippen molar-refractivity contribution in [2.24, 2.45) is 0 Å². The monoisotopic (exact) mass is 293 g/mol. The molecular weight excluding hydrogens is 266 g/mol. The van der Waals surface area contributed by atoms with Crippen molar-refractivity contribution >= 4 is 0 Å². The van der Waals surface area contributed by atoms with Gasteiger partial charge in [-0.05, 0) is 65.3 Å². The zero-order chi connectivity index (χ0) is 14.7. The number of hydrogen-bond donors (Lipinski definition) is 1. The summed E-state index contributed by atoms with van der Waals surface area (Å²) in [5.41, 5.74) is -0.279. The van der Waals surface area contributed by atoms with Crippen LogP contribution in [-0.2, 0) is 10.3 Å². The Morgan fingerprint density at radius 3 is 2.57 bits per heavy atom. The van der Waals surface area contributed by atoms with Crippen LogP contribution >= 0.6 is 0 Å². The molecule has 2 aliphatic rings. The maximum atomic E-state index is 6.02. The molecule has 3 rings (SSSR count). The first-order valence-electron chi connectivity index (χ1n) is 8.42. The molecule has 0 aliphatic heterocycles. The predicted octanol–water partition coefficient (Wildman–Crippen LogP) is 3.12. The normalized spacial score (nSPS) is 28.9. The zero-order valence-electron chi connectivity index (χ0n) is 13.2. The van der Waals surface area contributed by atoms with E-state index in [4.69, 9.17) is 14.2 Å². The van der Waals surface area contributed by atoms with Crippen LogP contribution in [0.1, 0.15) is 75.9 Å². The minimum Gasteiger partial charge on any atom is -0.367 e. The van der Waals surface area contributed by atoms with Crippen LogP contribution < -0.4 is 5.32 Å². The largest absolute Gasteiger partial charge is 0.367 e. The Bertz CT molecular complexity index is 446. The van der Waals surface area contributed by atoms with Crippen LogP contribution in [0.25, 0.3) is 0 Å². The summed E-state index contributed by atoms with van der Waals surface area (Å²) >= 11 is 0. The molecule has 1 N–H and O–H groups in total. The molecule has 2 aliphatic carbocycles. The summed E-state index contributed by atoms with van der Waals surface area (Å²) in [5.74, 6) is 2.04. The van der Waals surface area contributed by atoms with E-state index in [1.54, 1.807) is 0 Å². The topological polar surface area (TPSA) is 60.2 Å². The Balaban J connectivity index is 1.71. The highest BCUT2D eigenvalue weighted by Crippen LogP contribution is 2.41. The Labute approximate surface area is 126 Å². The van der Waals surface area contributed by atoms with Crippen LogP contribution in [0.5, 0.6) is 0 Å². The zero-order valence-corrected chi connectivity index (χ0v) is 13.2. The van der Waals surface area contributed by atoms with Crippen molar-refractivity contribution in [1.82, 2.24) is 15.5 Å². The lowest BCUT2D eigenvalue weighted by Gasteiger charge is -2.26. The van der Waals surface area contributed by atoms with Gasteiger partial charge in [0.1, 0.15) is 5.60 Å². The van der Waals surface area contributed by atoms with E-state index in [0.29, 0.717) is 18.6 Å². The molecule has 5 heteroatoms. The van der Waals surface area contributed by atoms with Crippen molar-refractivity contribution < 1.29 is 9.26 Å². The van der Waals surface area contributed by atoms with Gasteiger partial charge in [-0.25, -0.2) is 0 Å². The highest BCUT2D eigenvalue weighted by molar-refractivity contribution is 5.07.